The molecule has 5 nitrogen and oxygen atoms in total. The Morgan fingerprint density at radius 1 is 1.33 bits per heavy atom. The topological polar surface area (TPSA) is 80.9 Å². The number of nitrogens with two attached hydrogens (primary N) is 1. The molecule has 0 saturated carbocycles. The molecular formula is C15H17BrN4O. The highest BCUT2D eigenvalue weighted by atomic mass is 79.9. The molecule has 0 fully saturated rings. The summed E-state index contributed by atoms with van der Waals surface area (Å²) in [5, 5.41) is 2.77. The number of hydrogen-bond donors (Lipinski definition) is 2. The van der Waals surface area contributed by atoms with Gasteiger partial charge in [0.2, 0.25) is 0 Å². The van der Waals surface area contributed by atoms with Crippen molar-refractivity contribution in [3.8, 4) is 0 Å². The molecule has 0 aliphatic rings. The molecule has 1 amide bonds. The van der Waals surface area contributed by atoms with Crippen LogP contribution in [0.4, 0.5) is 11.6 Å². The number of aromatic nitrogens is 2. The van der Waals surface area contributed by atoms with Crippen LogP contribution >= 0.6 is 15.9 Å². The van der Waals surface area contributed by atoms with Gasteiger partial charge in [-0.15, -0.1) is 0 Å². The number of carbonyl (C=O) groups is 1. The predicted molar refractivity (Wildman–Crippen MR) is 87.4 cm³/mol. The summed E-state index contributed by atoms with van der Waals surface area (Å²) in [7, 11) is 0. The van der Waals surface area contributed by atoms with Gasteiger partial charge in [-0.05, 0) is 52.5 Å². The SMILES string of the molecule is Cc1cc(NC(=O)c2cc(N)nc(C(C)C)c2)ncc1Br. The number of nitrogens with one attached hydrogen (secondary N) is 1. The molecule has 0 spiro atoms. The van der Waals surface area contributed by atoms with Crippen molar-refractivity contribution in [3.05, 3.63) is 45.7 Å². The molecule has 110 valence electrons. The average Bonchev–Trinajstić information content (AvgIpc) is 2.42. The van der Waals surface area contributed by atoms with Gasteiger partial charge in [0.1, 0.15) is 11.6 Å². The third kappa shape index (κ3) is 3.78. The van der Waals surface area contributed by atoms with E-state index in [-0.39, 0.29) is 11.8 Å². The second-order valence-corrected chi connectivity index (χ2v) is 5.99. The van der Waals surface area contributed by atoms with Gasteiger partial charge in [-0.3, -0.25) is 4.79 Å². The van der Waals surface area contributed by atoms with Crippen LogP contribution in [0.1, 0.15) is 41.4 Å². The zero-order valence-electron chi connectivity index (χ0n) is 12.1. The first-order chi connectivity index (χ1) is 9.86. The van der Waals surface area contributed by atoms with Crippen LogP contribution in [-0.4, -0.2) is 15.9 Å². The maximum absolute atomic E-state index is 12.3. The first-order valence-corrected chi connectivity index (χ1v) is 7.37. The molecule has 2 aromatic rings. The summed E-state index contributed by atoms with van der Waals surface area (Å²) in [6.45, 7) is 5.94. The lowest BCUT2D eigenvalue weighted by Crippen LogP contribution is -2.14. The number of halogens is 1. The number of anilines is 2. The number of amides is 1. The third-order valence-corrected chi connectivity index (χ3v) is 3.84. The Kier molecular flexibility index (Phi) is 4.57. The Balaban J connectivity index is 2.25. The van der Waals surface area contributed by atoms with Gasteiger partial charge < -0.3 is 11.1 Å². The van der Waals surface area contributed by atoms with E-state index >= 15 is 0 Å². The monoisotopic (exact) mass is 348 g/mol. The van der Waals surface area contributed by atoms with Gasteiger partial charge in [-0.2, -0.15) is 0 Å². The third-order valence-electron chi connectivity index (χ3n) is 3.01. The zero-order chi connectivity index (χ0) is 15.6. The van der Waals surface area contributed by atoms with Crippen molar-refractivity contribution in [1.82, 2.24) is 9.97 Å². The molecule has 6 heteroatoms. The molecule has 0 unspecified atom stereocenters. The summed E-state index contributed by atoms with van der Waals surface area (Å²) < 4.78 is 0.899. The van der Waals surface area contributed by atoms with E-state index < -0.39 is 0 Å². The number of aryl methyl sites for hydroxylation is 1. The van der Waals surface area contributed by atoms with E-state index in [1.54, 1.807) is 24.4 Å². The van der Waals surface area contributed by atoms with Gasteiger partial charge >= 0.3 is 0 Å². The van der Waals surface area contributed by atoms with Crippen LogP contribution in [0.3, 0.4) is 0 Å². The molecule has 0 saturated heterocycles. The molecule has 0 atom stereocenters. The molecule has 0 aliphatic carbocycles. The highest BCUT2D eigenvalue weighted by Gasteiger charge is 2.12. The van der Waals surface area contributed by atoms with Crippen molar-refractivity contribution in [1.29, 1.82) is 0 Å². The van der Waals surface area contributed by atoms with Crippen LogP contribution in [0.2, 0.25) is 0 Å². The predicted octanol–water partition coefficient (Wildman–Crippen LogP) is 3.51. The molecular weight excluding hydrogens is 332 g/mol. The Morgan fingerprint density at radius 3 is 2.67 bits per heavy atom. The zero-order valence-corrected chi connectivity index (χ0v) is 13.7. The lowest BCUT2D eigenvalue weighted by atomic mass is 10.1. The highest BCUT2D eigenvalue weighted by Crippen LogP contribution is 2.19. The van der Waals surface area contributed by atoms with Crippen molar-refractivity contribution < 1.29 is 4.79 Å². The maximum Gasteiger partial charge on any atom is 0.257 e. The molecule has 2 aromatic heterocycles. The van der Waals surface area contributed by atoms with E-state index in [0.717, 1.165) is 15.7 Å². The van der Waals surface area contributed by atoms with Crippen LogP contribution in [0.5, 0.6) is 0 Å². The number of nitrogens with zero attached hydrogens (tertiary/aromatic N) is 2. The Bertz CT molecular complexity index is 685. The fourth-order valence-electron chi connectivity index (χ4n) is 1.80. The van der Waals surface area contributed by atoms with E-state index in [4.69, 9.17) is 5.73 Å². The maximum atomic E-state index is 12.3. The van der Waals surface area contributed by atoms with Gasteiger partial charge in [0.15, 0.2) is 0 Å². The highest BCUT2D eigenvalue weighted by molar-refractivity contribution is 9.10. The average molecular weight is 349 g/mol. The fourth-order valence-corrected chi connectivity index (χ4v) is 2.01. The molecule has 0 radical (unpaired) electrons. The van der Waals surface area contributed by atoms with Gasteiger partial charge in [0, 0.05) is 21.9 Å². The van der Waals surface area contributed by atoms with Crippen molar-refractivity contribution in [2.75, 3.05) is 11.1 Å². The molecule has 21 heavy (non-hydrogen) atoms. The first kappa shape index (κ1) is 15.4. The van der Waals surface area contributed by atoms with Gasteiger partial charge in [-0.25, -0.2) is 9.97 Å². The number of carbonyl (C=O) groups excluding carboxylic acids is 1. The fraction of sp³-hybridized carbons (Fsp3) is 0.267. The summed E-state index contributed by atoms with van der Waals surface area (Å²) in [5.74, 6) is 0.793. The molecule has 2 heterocycles. The summed E-state index contributed by atoms with van der Waals surface area (Å²) in [5.41, 5.74) is 8.03. The van der Waals surface area contributed by atoms with E-state index in [1.165, 1.54) is 0 Å². The molecule has 0 aromatic carbocycles. The van der Waals surface area contributed by atoms with E-state index in [0.29, 0.717) is 17.2 Å². The van der Waals surface area contributed by atoms with E-state index in [1.807, 2.05) is 20.8 Å². The first-order valence-electron chi connectivity index (χ1n) is 6.57. The lowest BCUT2D eigenvalue weighted by molar-refractivity contribution is 0.102. The van der Waals surface area contributed by atoms with Crippen LogP contribution in [0.25, 0.3) is 0 Å². The van der Waals surface area contributed by atoms with Crippen molar-refractivity contribution >= 4 is 33.5 Å². The number of pyridine rings is 2. The van der Waals surface area contributed by atoms with Crippen LogP contribution < -0.4 is 11.1 Å². The number of nitrogen functional groups attached to an aromatic ring is 1. The minimum Gasteiger partial charge on any atom is -0.384 e. The van der Waals surface area contributed by atoms with Crippen molar-refractivity contribution in [2.45, 2.75) is 26.7 Å². The smallest absolute Gasteiger partial charge is 0.257 e. The minimum atomic E-state index is -0.250. The molecule has 3 N–H and O–H groups in total. The van der Waals surface area contributed by atoms with Crippen molar-refractivity contribution in [2.24, 2.45) is 0 Å². The minimum absolute atomic E-state index is 0.202. The molecule has 0 aliphatic heterocycles. The van der Waals surface area contributed by atoms with Gasteiger partial charge in [-0.1, -0.05) is 13.8 Å². The van der Waals surface area contributed by atoms with Crippen LogP contribution in [0.15, 0.2) is 28.9 Å². The second kappa shape index (κ2) is 6.22. The molecule has 2 rings (SSSR count). The summed E-state index contributed by atoms with van der Waals surface area (Å²) in [6, 6.07) is 5.12. The quantitative estimate of drug-likeness (QED) is 0.889. The Hall–Kier alpha value is -1.95. The molecule has 0 bridgehead atoms. The van der Waals surface area contributed by atoms with E-state index in [2.05, 4.69) is 31.2 Å². The van der Waals surface area contributed by atoms with Crippen LogP contribution in [-0.2, 0) is 0 Å². The van der Waals surface area contributed by atoms with Gasteiger partial charge in [0.05, 0.1) is 0 Å². The largest absolute Gasteiger partial charge is 0.384 e. The van der Waals surface area contributed by atoms with E-state index in [9.17, 15) is 4.79 Å². The van der Waals surface area contributed by atoms with Crippen molar-refractivity contribution in [3.63, 3.8) is 0 Å². The Labute approximate surface area is 132 Å². The summed E-state index contributed by atoms with van der Waals surface area (Å²) in [4.78, 5) is 20.7. The Morgan fingerprint density at radius 2 is 2.05 bits per heavy atom. The normalized spacial score (nSPS) is 10.7. The van der Waals surface area contributed by atoms with Gasteiger partial charge in [0.25, 0.3) is 5.91 Å². The number of rotatable bonds is 3. The standard InChI is InChI=1S/C15H17BrN4O/c1-8(2)12-5-10(6-13(17)19-12)15(21)20-14-4-9(3)11(16)7-18-14/h4-8H,1-3H3,(H2,17,19)(H,18,20,21). The number of hydrogen-bond acceptors (Lipinski definition) is 4. The summed E-state index contributed by atoms with van der Waals surface area (Å²) >= 11 is 3.38. The van der Waals surface area contributed by atoms with Crippen LogP contribution in [0, 0.1) is 6.92 Å². The second-order valence-electron chi connectivity index (χ2n) is 5.13. The summed E-state index contributed by atoms with van der Waals surface area (Å²) in [6.07, 6.45) is 1.66. The lowest BCUT2D eigenvalue weighted by Gasteiger charge is -2.10.